The molecule has 22 heavy (non-hydrogen) atoms. The van der Waals surface area contributed by atoms with Crippen LogP contribution in [0.3, 0.4) is 0 Å². The van der Waals surface area contributed by atoms with E-state index in [-0.39, 0.29) is 16.9 Å². The highest BCUT2D eigenvalue weighted by molar-refractivity contribution is 9.10. The molecule has 110 valence electrons. The van der Waals surface area contributed by atoms with Crippen molar-refractivity contribution in [2.24, 2.45) is 0 Å². The summed E-state index contributed by atoms with van der Waals surface area (Å²) in [5.41, 5.74) is 0.408. The number of nitro groups is 1. The smallest absolute Gasteiger partial charge is 0.272 e. The average Bonchev–Trinajstić information content (AvgIpc) is 2.96. The van der Waals surface area contributed by atoms with Gasteiger partial charge in [-0.05, 0) is 22.0 Å². The Balaban J connectivity index is 1.99. The molecular weight excluding hydrogens is 359 g/mol. The molecule has 3 rings (SSSR count). The molecule has 3 aromatic rings. The number of non-ortho nitro benzene ring substituents is 1. The third kappa shape index (κ3) is 2.70. The van der Waals surface area contributed by atoms with Crippen molar-refractivity contribution in [3.8, 4) is 22.7 Å². The molecule has 2 heterocycles. The summed E-state index contributed by atoms with van der Waals surface area (Å²) in [4.78, 5) is 18.0. The number of nitro benzene ring substituents is 1. The highest BCUT2D eigenvalue weighted by Crippen LogP contribution is 2.28. The number of hydrogen-bond acceptors (Lipinski definition) is 6. The maximum absolute atomic E-state index is 14.0. The van der Waals surface area contributed by atoms with Gasteiger partial charge in [-0.1, -0.05) is 5.16 Å². The maximum atomic E-state index is 14.0. The number of hydrogen-bond donors (Lipinski definition) is 0. The van der Waals surface area contributed by atoms with E-state index in [0.29, 0.717) is 16.1 Å². The molecule has 0 atom stereocenters. The fourth-order valence-electron chi connectivity index (χ4n) is 1.81. The molecule has 0 amide bonds. The van der Waals surface area contributed by atoms with Gasteiger partial charge in [-0.3, -0.25) is 15.1 Å². The first kappa shape index (κ1) is 14.3. The molecule has 0 saturated heterocycles. The number of aromatic nitrogens is 3. The molecule has 0 aliphatic rings. The van der Waals surface area contributed by atoms with Crippen LogP contribution in [0.1, 0.15) is 0 Å². The molecule has 0 aliphatic heterocycles. The zero-order valence-electron chi connectivity index (χ0n) is 10.7. The second-order valence-corrected chi connectivity index (χ2v) is 5.04. The molecule has 2 aromatic heterocycles. The molecule has 1 aromatic carbocycles. The van der Waals surface area contributed by atoms with E-state index < -0.39 is 10.7 Å². The predicted molar refractivity (Wildman–Crippen MR) is 77.3 cm³/mol. The van der Waals surface area contributed by atoms with Gasteiger partial charge in [-0.25, -0.2) is 9.37 Å². The number of rotatable bonds is 3. The molecule has 7 nitrogen and oxygen atoms in total. The van der Waals surface area contributed by atoms with Crippen LogP contribution in [0, 0.1) is 15.9 Å². The summed E-state index contributed by atoms with van der Waals surface area (Å²) >= 11 is 3.18. The van der Waals surface area contributed by atoms with Crippen LogP contribution in [0.25, 0.3) is 22.7 Å². The SMILES string of the molecule is O=[N+]([O-])c1ccc(-c2cc(-c3cncc(Br)n3)on2)c(F)c1. The first-order valence-electron chi connectivity index (χ1n) is 5.93. The van der Waals surface area contributed by atoms with E-state index in [1.165, 1.54) is 30.6 Å². The maximum Gasteiger partial charge on any atom is 0.272 e. The molecule has 0 bridgehead atoms. The Kier molecular flexibility index (Phi) is 3.63. The van der Waals surface area contributed by atoms with Crippen LogP contribution in [0.5, 0.6) is 0 Å². The van der Waals surface area contributed by atoms with Gasteiger partial charge in [0.25, 0.3) is 5.69 Å². The second-order valence-electron chi connectivity index (χ2n) is 4.22. The van der Waals surface area contributed by atoms with Crippen LogP contribution in [-0.4, -0.2) is 20.0 Å². The zero-order chi connectivity index (χ0) is 15.7. The van der Waals surface area contributed by atoms with Crippen LogP contribution in [-0.2, 0) is 0 Å². The number of halogens is 2. The summed E-state index contributed by atoms with van der Waals surface area (Å²) in [6.45, 7) is 0. The van der Waals surface area contributed by atoms with Crippen molar-refractivity contribution in [2.75, 3.05) is 0 Å². The van der Waals surface area contributed by atoms with Crippen LogP contribution in [0.4, 0.5) is 10.1 Å². The molecular formula is C13H6BrFN4O3. The van der Waals surface area contributed by atoms with E-state index in [1.807, 2.05) is 0 Å². The lowest BCUT2D eigenvalue weighted by molar-refractivity contribution is -0.385. The van der Waals surface area contributed by atoms with Crippen LogP contribution in [0.2, 0.25) is 0 Å². The Hall–Kier alpha value is -2.68. The first-order chi connectivity index (χ1) is 10.5. The lowest BCUT2D eigenvalue weighted by Gasteiger charge is -1.98. The fourth-order valence-corrected chi connectivity index (χ4v) is 2.12. The summed E-state index contributed by atoms with van der Waals surface area (Å²) in [5.74, 6) is -0.448. The predicted octanol–water partition coefficient (Wildman–Crippen LogP) is 3.61. The topological polar surface area (TPSA) is 95.0 Å². The Labute approximate surface area is 131 Å². The fraction of sp³-hybridized carbons (Fsp3) is 0. The number of nitrogens with zero attached hydrogens (tertiary/aromatic N) is 4. The van der Waals surface area contributed by atoms with Gasteiger partial charge in [0.05, 0.1) is 23.4 Å². The van der Waals surface area contributed by atoms with Crippen molar-refractivity contribution in [3.05, 3.63) is 57.2 Å². The van der Waals surface area contributed by atoms with Gasteiger partial charge < -0.3 is 4.52 Å². The van der Waals surface area contributed by atoms with Crippen LogP contribution < -0.4 is 0 Å². The zero-order valence-corrected chi connectivity index (χ0v) is 12.3. The molecule has 0 saturated carbocycles. The van der Waals surface area contributed by atoms with Crippen molar-refractivity contribution in [2.45, 2.75) is 0 Å². The summed E-state index contributed by atoms with van der Waals surface area (Å²) in [6.07, 6.45) is 2.98. The Morgan fingerprint density at radius 2 is 2.05 bits per heavy atom. The van der Waals surface area contributed by atoms with Crippen molar-refractivity contribution in [3.63, 3.8) is 0 Å². The van der Waals surface area contributed by atoms with Gasteiger partial charge in [0, 0.05) is 17.7 Å². The lowest BCUT2D eigenvalue weighted by Crippen LogP contribution is -1.91. The van der Waals surface area contributed by atoms with Crippen molar-refractivity contribution in [1.29, 1.82) is 0 Å². The largest absolute Gasteiger partial charge is 0.354 e. The third-order valence-electron chi connectivity index (χ3n) is 2.81. The Morgan fingerprint density at radius 3 is 2.73 bits per heavy atom. The van der Waals surface area contributed by atoms with E-state index in [9.17, 15) is 14.5 Å². The molecule has 0 unspecified atom stereocenters. The monoisotopic (exact) mass is 364 g/mol. The minimum Gasteiger partial charge on any atom is -0.354 e. The summed E-state index contributed by atoms with van der Waals surface area (Å²) < 4.78 is 19.6. The van der Waals surface area contributed by atoms with Crippen molar-refractivity contribution < 1.29 is 13.8 Å². The van der Waals surface area contributed by atoms with Crippen LogP contribution >= 0.6 is 15.9 Å². The van der Waals surface area contributed by atoms with E-state index >= 15 is 0 Å². The molecule has 0 radical (unpaired) electrons. The molecule has 0 spiro atoms. The average molecular weight is 365 g/mol. The van der Waals surface area contributed by atoms with Gasteiger partial charge >= 0.3 is 0 Å². The van der Waals surface area contributed by atoms with E-state index in [4.69, 9.17) is 4.52 Å². The quantitative estimate of drug-likeness (QED) is 0.520. The van der Waals surface area contributed by atoms with Gasteiger partial charge in [-0.2, -0.15) is 0 Å². The van der Waals surface area contributed by atoms with Gasteiger partial charge in [0.15, 0.2) is 5.76 Å². The van der Waals surface area contributed by atoms with Crippen molar-refractivity contribution in [1.82, 2.24) is 15.1 Å². The van der Waals surface area contributed by atoms with E-state index in [2.05, 4.69) is 31.1 Å². The highest BCUT2D eigenvalue weighted by atomic mass is 79.9. The number of benzene rings is 1. The highest BCUT2D eigenvalue weighted by Gasteiger charge is 2.16. The molecule has 9 heteroatoms. The standard InChI is InChI=1S/C13H6BrFN4O3/c14-13-6-16-5-11(17-13)12-4-10(18-22-12)8-2-1-7(19(20)21)3-9(8)15/h1-6H. The van der Waals surface area contributed by atoms with E-state index in [0.717, 1.165) is 6.07 Å². The molecule has 0 N–H and O–H groups in total. The first-order valence-corrected chi connectivity index (χ1v) is 6.73. The Morgan fingerprint density at radius 1 is 1.23 bits per heavy atom. The van der Waals surface area contributed by atoms with E-state index in [1.54, 1.807) is 0 Å². The third-order valence-corrected chi connectivity index (χ3v) is 3.19. The minimum absolute atomic E-state index is 0.101. The van der Waals surface area contributed by atoms with Gasteiger partial charge in [-0.15, -0.1) is 0 Å². The summed E-state index contributed by atoms with van der Waals surface area (Å²) in [5, 5.41) is 14.4. The molecule has 0 aliphatic carbocycles. The van der Waals surface area contributed by atoms with Gasteiger partial charge in [0.1, 0.15) is 21.8 Å². The second kappa shape index (κ2) is 5.60. The summed E-state index contributed by atoms with van der Waals surface area (Å²) in [7, 11) is 0. The lowest BCUT2D eigenvalue weighted by atomic mass is 10.1. The van der Waals surface area contributed by atoms with Crippen LogP contribution in [0.15, 0.2) is 45.8 Å². The summed E-state index contributed by atoms with van der Waals surface area (Å²) in [6, 6.07) is 4.80. The minimum atomic E-state index is -0.755. The van der Waals surface area contributed by atoms with Gasteiger partial charge in [0.2, 0.25) is 0 Å². The normalized spacial score (nSPS) is 10.6. The Bertz CT molecular complexity index is 868. The van der Waals surface area contributed by atoms with Crippen molar-refractivity contribution >= 4 is 21.6 Å². The molecule has 0 fully saturated rings.